The summed E-state index contributed by atoms with van der Waals surface area (Å²) in [7, 11) is 0. The summed E-state index contributed by atoms with van der Waals surface area (Å²) in [6, 6.07) is 18.1. The summed E-state index contributed by atoms with van der Waals surface area (Å²) < 4.78 is 10.9. The van der Waals surface area contributed by atoms with E-state index in [0.717, 1.165) is 11.1 Å². The van der Waals surface area contributed by atoms with Crippen LogP contribution in [0.15, 0.2) is 60.7 Å². The normalized spacial score (nSPS) is 18.1. The Labute approximate surface area is 231 Å². The summed E-state index contributed by atoms with van der Waals surface area (Å²) in [5.74, 6) is 0. The number of benzene rings is 2. The fraction of sp³-hybridized carbons (Fsp3) is 0.533. The maximum atomic E-state index is 12.7. The van der Waals surface area contributed by atoms with E-state index in [9.17, 15) is 19.8 Å². The topological polar surface area (TPSA) is 120 Å². The summed E-state index contributed by atoms with van der Waals surface area (Å²) in [6.45, 7) is 9.62. The third kappa shape index (κ3) is 9.84. The zero-order valence-corrected chi connectivity index (χ0v) is 23.6. The second-order valence-corrected chi connectivity index (χ2v) is 11.7. The number of rotatable bonds is 12. The van der Waals surface area contributed by atoms with Crippen molar-refractivity contribution in [3.05, 3.63) is 71.8 Å². The number of cyclic esters (lactones) is 1. The van der Waals surface area contributed by atoms with Crippen LogP contribution in [0.3, 0.4) is 0 Å². The summed E-state index contributed by atoms with van der Waals surface area (Å²) in [5.41, 5.74) is 0.625. The summed E-state index contributed by atoms with van der Waals surface area (Å²) in [5, 5.41) is 28.1. The molecular formula is C30H43N3O6. The molecule has 1 aliphatic heterocycles. The van der Waals surface area contributed by atoms with Crippen LogP contribution in [0.25, 0.3) is 0 Å². The largest absolute Gasteiger partial charge is 0.444 e. The van der Waals surface area contributed by atoms with Crippen molar-refractivity contribution in [1.82, 2.24) is 15.5 Å². The second kappa shape index (κ2) is 13.3. The van der Waals surface area contributed by atoms with E-state index in [4.69, 9.17) is 9.47 Å². The number of amides is 2. The molecule has 2 aromatic carbocycles. The molecule has 214 valence electrons. The predicted molar refractivity (Wildman–Crippen MR) is 149 cm³/mol. The van der Waals surface area contributed by atoms with Gasteiger partial charge in [-0.1, -0.05) is 60.7 Å². The molecule has 9 nitrogen and oxygen atoms in total. The quantitative estimate of drug-likeness (QED) is 0.326. The first-order valence-corrected chi connectivity index (χ1v) is 13.5. The fourth-order valence-electron chi connectivity index (χ4n) is 4.63. The molecule has 0 aromatic heterocycles. The molecule has 3 rings (SSSR count). The molecule has 1 fully saturated rings. The zero-order chi connectivity index (χ0) is 28.6. The molecule has 1 heterocycles. The summed E-state index contributed by atoms with van der Waals surface area (Å²) >= 11 is 0. The van der Waals surface area contributed by atoms with Crippen LogP contribution < -0.4 is 10.6 Å². The number of aliphatic hydroxyl groups excluding tert-OH is 2. The number of carbonyl (C=O) groups is 2. The Morgan fingerprint density at radius 1 is 0.974 bits per heavy atom. The Bertz CT molecular complexity index is 1060. The summed E-state index contributed by atoms with van der Waals surface area (Å²) in [4.78, 5) is 26.7. The van der Waals surface area contributed by atoms with Crippen molar-refractivity contribution >= 4 is 12.2 Å². The zero-order valence-electron chi connectivity index (χ0n) is 23.6. The van der Waals surface area contributed by atoms with Crippen molar-refractivity contribution in [2.24, 2.45) is 0 Å². The standard InChI is InChI=1S/C30H43N3O6/c1-29(2,3)38-27(36)32-23(16-21-12-8-6-9-13-21)25(34)18-31-19-26(35)24(17-22-14-10-7-11-15-22)33-20-30(4,5)39-28(33)37/h6-15,23-26,31,34-35H,16-20H2,1-5H3,(H,32,36)/t23-,24+,25-,26?/m0/s1. The Balaban J connectivity index is 1.65. The minimum absolute atomic E-state index is 0.109. The number of nitrogens with one attached hydrogen (secondary N) is 2. The molecule has 2 amide bonds. The van der Waals surface area contributed by atoms with Crippen molar-refractivity contribution in [1.29, 1.82) is 0 Å². The first-order chi connectivity index (χ1) is 18.3. The second-order valence-electron chi connectivity index (χ2n) is 11.7. The van der Waals surface area contributed by atoms with Gasteiger partial charge in [-0.3, -0.25) is 4.90 Å². The van der Waals surface area contributed by atoms with Crippen LogP contribution in [0.5, 0.6) is 0 Å². The molecule has 2 aromatic rings. The first kappa shape index (κ1) is 30.4. The van der Waals surface area contributed by atoms with Gasteiger partial charge in [0.2, 0.25) is 0 Å². The highest BCUT2D eigenvalue weighted by Crippen LogP contribution is 2.26. The van der Waals surface area contributed by atoms with Crippen LogP contribution in [0.1, 0.15) is 45.7 Å². The third-order valence-electron chi connectivity index (χ3n) is 6.45. The smallest absolute Gasteiger partial charge is 0.410 e. The van der Waals surface area contributed by atoms with E-state index in [0.29, 0.717) is 19.4 Å². The molecule has 9 heteroatoms. The number of hydrogen-bond acceptors (Lipinski definition) is 7. The van der Waals surface area contributed by atoms with Crippen molar-refractivity contribution in [3.8, 4) is 0 Å². The average Bonchev–Trinajstić information content (AvgIpc) is 3.13. The van der Waals surface area contributed by atoms with E-state index < -0.39 is 47.7 Å². The van der Waals surface area contributed by atoms with Gasteiger partial charge in [0, 0.05) is 13.1 Å². The van der Waals surface area contributed by atoms with Crippen molar-refractivity contribution in [3.63, 3.8) is 0 Å². The van der Waals surface area contributed by atoms with Gasteiger partial charge in [0.25, 0.3) is 0 Å². The lowest BCUT2D eigenvalue weighted by Crippen LogP contribution is -2.53. The van der Waals surface area contributed by atoms with Gasteiger partial charge in [-0.25, -0.2) is 9.59 Å². The van der Waals surface area contributed by atoms with Gasteiger partial charge in [-0.2, -0.15) is 0 Å². The lowest BCUT2D eigenvalue weighted by Gasteiger charge is -2.31. The molecule has 1 saturated heterocycles. The highest BCUT2D eigenvalue weighted by Gasteiger charge is 2.43. The molecule has 1 unspecified atom stereocenters. The minimum atomic E-state index is -0.965. The molecule has 0 bridgehead atoms. The van der Waals surface area contributed by atoms with Crippen molar-refractivity contribution in [2.75, 3.05) is 19.6 Å². The SMILES string of the molecule is CC(C)(C)OC(=O)N[C@@H](Cc1ccccc1)[C@@H](O)CNCC(O)[C@@H](Cc1ccccc1)N1CC(C)(C)OC1=O. The number of nitrogens with zero attached hydrogens (tertiary/aromatic N) is 1. The molecule has 0 saturated carbocycles. The van der Waals surface area contributed by atoms with Crippen molar-refractivity contribution in [2.45, 2.75) is 83.0 Å². The third-order valence-corrected chi connectivity index (χ3v) is 6.45. The molecule has 1 aliphatic rings. The maximum absolute atomic E-state index is 12.7. The van der Waals surface area contributed by atoms with E-state index in [-0.39, 0.29) is 13.1 Å². The van der Waals surface area contributed by atoms with Gasteiger partial charge in [0.1, 0.15) is 11.2 Å². The highest BCUT2D eigenvalue weighted by atomic mass is 16.6. The van der Waals surface area contributed by atoms with Crippen LogP contribution in [-0.4, -0.2) is 82.4 Å². The van der Waals surface area contributed by atoms with Crippen LogP contribution in [0.2, 0.25) is 0 Å². The van der Waals surface area contributed by atoms with E-state index in [1.165, 1.54) is 0 Å². The molecule has 0 aliphatic carbocycles. The predicted octanol–water partition coefficient (Wildman–Crippen LogP) is 3.28. The number of hydrogen-bond donors (Lipinski definition) is 4. The lowest BCUT2D eigenvalue weighted by atomic mass is 9.98. The monoisotopic (exact) mass is 541 g/mol. The van der Waals surface area contributed by atoms with Gasteiger partial charge < -0.3 is 30.3 Å². The van der Waals surface area contributed by atoms with E-state index in [1.807, 2.05) is 74.5 Å². The number of ether oxygens (including phenoxy) is 2. The average molecular weight is 542 g/mol. The Morgan fingerprint density at radius 3 is 2.03 bits per heavy atom. The molecule has 4 atom stereocenters. The number of carbonyl (C=O) groups excluding carboxylic acids is 2. The van der Waals surface area contributed by atoms with Gasteiger partial charge in [0.05, 0.1) is 30.8 Å². The van der Waals surface area contributed by atoms with Crippen LogP contribution in [0, 0.1) is 0 Å². The summed E-state index contributed by atoms with van der Waals surface area (Å²) in [6.07, 6.45) is -2.10. The highest BCUT2D eigenvalue weighted by molar-refractivity contribution is 5.71. The molecule has 39 heavy (non-hydrogen) atoms. The first-order valence-electron chi connectivity index (χ1n) is 13.5. The minimum Gasteiger partial charge on any atom is -0.444 e. The van der Waals surface area contributed by atoms with Crippen molar-refractivity contribution < 1.29 is 29.3 Å². The maximum Gasteiger partial charge on any atom is 0.410 e. The van der Waals surface area contributed by atoms with Crippen LogP contribution in [0.4, 0.5) is 9.59 Å². The molecular weight excluding hydrogens is 498 g/mol. The van der Waals surface area contributed by atoms with Gasteiger partial charge >= 0.3 is 12.2 Å². The Hall–Kier alpha value is -3.14. The van der Waals surface area contributed by atoms with E-state index in [2.05, 4.69) is 10.6 Å². The molecule has 0 radical (unpaired) electrons. The Kier molecular flexibility index (Phi) is 10.4. The molecule has 0 spiro atoms. The van der Waals surface area contributed by atoms with Gasteiger partial charge in [-0.05, 0) is 58.6 Å². The van der Waals surface area contributed by atoms with Gasteiger partial charge in [-0.15, -0.1) is 0 Å². The van der Waals surface area contributed by atoms with E-state index in [1.54, 1.807) is 25.7 Å². The lowest BCUT2D eigenvalue weighted by molar-refractivity contribution is 0.0406. The van der Waals surface area contributed by atoms with Crippen LogP contribution in [-0.2, 0) is 22.3 Å². The molecule has 4 N–H and O–H groups in total. The van der Waals surface area contributed by atoms with Crippen LogP contribution >= 0.6 is 0 Å². The number of aliphatic hydroxyl groups is 2. The van der Waals surface area contributed by atoms with E-state index >= 15 is 0 Å². The fourth-order valence-corrected chi connectivity index (χ4v) is 4.63. The number of alkyl carbamates (subject to hydrolysis) is 1. The van der Waals surface area contributed by atoms with Gasteiger partial charge in [0.15, 0.2) is 0 Å². The Morgan fingerprint density at radius 2 is 1.51 bits per heavy atom.